The summed E-state index contributed by atoms with van der Waals surface area (Å²) >= 11 is 0. The molecule has 0 amide bonds. The maximum Gasteiger partial charge on any atom is 0.131 e. The zero-order valence-corrected chi connectivity index (χ0v) is 28.1. The fourth-order valence-electron chi connectivity index (χ4n) is 7.77. The molecule has 0 radical (unpaired) electrons. The van der Waals surface area contributed by atoms with Gasteiger partial charge in [0, 0.05) is 23.0 Å². The molecule has 240 valence electrons. The molecule has 5 aromatic rings. The molecule has 0 saturated carbocycles. The van der Waals surface area contributed by atoms with Gasteiger partial charge in [0.25, 0.3) is 0 Å². The first-order chi connectivity index (χ1) is 22.9. The highest BCUT2D eigenvalue weighted by Gasteiger charge is 2.44. The first kappa shape index (κ1) is 30.9. The molecule has 1 unspecified atom stereocenters. The standard InChI is InChI=1S/C42H42O5/c1-7-8-23-47-41(2)35-12-10-9-11-33(35)34-25-37(46-6)39-36(45-5)24-27-26-42(22-21-32(27)38(39)40(34)41,28-13-17-30(43-3)18-14-28)29-15-19-31(44-4)20-16-29/h9-22,24-25H,7-8,23,26H2,1-6H3. The van der Waals surface area contributed by atoms with Gasteiger partial charge in [0.05, 0.1) is 33.8 Å². The molecule has 0 bridgehead atoms. The Hall–Kier alpha value is -4.74. The van der Waals surface area contributed by atoms with Crippen molar-refractivity contribution < 1.29 is 23.7 Å². The first-order valence-corrected chi connectivity index (χ1v) is 16.4. The second-order valence-corrected chi connectivity index (χ2v) is 12.6. The van der Waals surface area contributed by atoms with E-state index in [2.05, 4.69) is 86.7 Å². The van der Waals surface area contributed by atoms with E-state index in [0.29, 0.717) is 6.61 Å². The van der Waals surface area contributed by atoms with E-state index in [1.807, 2.05) is 24.3 Å². The summed E-state index contributed by atoms with van der Waals surface area (Å²) < 4.78 is 30.3. The lowest BCUT2D eigenvalue weighted by atomic mass is 9.66. The van der Waals surface area contributed by atoms with Crippen LogP contribution in [0.4, 0.5) is 0 Å². The van der Waals surface area contributed by atoms with Crippen molar-refractivity contribution >= 4 is 16.8 Å². The van der Waals surface area contributed by atoms with E-state index in [-0.39, 0.29) is 0 Å². The maximum absolute atomic E-state index is 6.92. The predicted molar refractivity (Wildman–Crippen MR) is 189 cm³/mol. The summed E-state index contributed by atoms with van der Waals surface area (Å²) in [6, 6.07) is 29.9. The number of fused-ring (bicyclic) bond motifs is 7. The molecule has 0 N–H and O–H groups in total. The number of benzene rings is 5. The lowest BCUT2D eigenvalue weighted by Crippen LogP contribution is -2.31. The van der Waals surface area contributed by atoms with Gasteiger partial charge in [-0.2, -0.15) is 0 Å². The van der Waals surface area contributed by atoms with E-state index in [9.17, 15) is 0 Å². The van der Waals surface area contributed by atoms with Crippen molar-refractivity contribution in [1.29, 1.82) is 0 Å². The predicted octanol–water partition coefficient (Wildman–Crippen LogP) is 9.49. The van der Waals surface area contributed by atoms with E-state index in [1.165, 1.54) is 38.9 Å². The molecule has 47 heavy (non-hydrogen) atoms. The van der Waals surface area contributed by atoms with Gasteiger partial charge in [-0.05, 0) is 95.1 Å². The maximum atomic E-state index is 6.92. The van der Waals surface area contributed by atoms with Crippen LogP contribution in [0.1, 0.15) is 60.1 Å². The van der Waals surface area contributed by atoms with Crippen LogP contribution in [0.3, 0.4) is 0 Å². The summed E-state index contributed by atoms with van der Waals surface area (Å²) in [5.74, 6) is 3.24. The Morgan fingerprint density at radius 1 is 0.681 bits per heavy atom. The molecule has 0 aliphatic heterocycles. The molecule has 7 rings (SSSR count). The summed E-state index contributed by atoms with van der Waals surface area (Å²) in [6.45, 7) is 5.11. The van der Waals surface area contributed by atoms with E-state index in [1.54, 1.807) is 28.4 Å². The van der Waals surface area contributed by atoms with Crippen molar-refractivity contribution in [1.82, 2.24) is 0 Å². The van der Waals surface area contributed by atoms with Crippen molar-refractivity contribution in [2.75, 3.05) is 35.0 Å². The van der Waals surface area contributed by atoms with Crippen LogP contribution in [-0.4, -0.2) is 35.0 Å². The Balaban J connectivity index is 1.52. The summed E-state index contributed by atoms with van der Waals surface area (Å²) in [4.78, 5) is 0. The van der Waals surface area contributed by atoms with Crippen LogP contribution in [0.15, 0.2) is 91.0 Å². The highest BCUT2D eigenvalue weighted by molar-refractivity contribution is 6.08. The van der Waals surface area contributed by atoms with E-state index < -0.39 is 11.0 Å². The second kappa shape index (κ2) is 12.1. The molecule has 0 fully saturated rings. The molecular weight excluding hydrogens is 584 g/mol. The Bertz CT molecular complexity index is 1930. The number of unbranched alkanes of at least 4 members (excludes halogenated alkanes) is 1. The summed E-state index contributed by atoms with van der Waals surface area (Å²) in [7, 11) is 6.89. The number of hydrogen-bond acceptors (Lipinski definition) is 5. The van der Waals surface area contributed by atoms with Gasteiger partial charge in [0.1, 0.15) is 28.6 Å². The summed E-state index contributed by atoms with van der Waals surface area (Å²) in [5, 5.41) is 2.09. The molecule has 5 heteroatoms. The number of ether oxygens (including phenoxy) is 5. The van der Waals surface area contributed by atoms with Crippen molar-refractivity contribution in [3.63, 3.8) is 0 Å². The van der Waals surface area contributed by atoms with Crippen molar-refractivity contribution in [2.45, 2.75) is 44.1 Å². The van der Waals surface area contributed by atoms with Crippen LogP contribution in [-0.2, 0) is 22.2 Å². The van der Waals surface area contributed by atoms with Crippen LogP contribution in [0.5, 0.6) is 23.0 Å². The Kier molecular flexibility index (Phi) is 7.97. The molecule has 5 aromatic carbocycles. The second-order valence-electron chi connectivity index (χ2n) is 12.6. The van der Waals surface area contributed by atoms with Crippen LogP contribution >= 0.6 is 0 Å². The van der Waals surface area contributed by atoms with Gasteiger partial charge in [-0.25, -0.2) is 0 Å². The lowest BCUT2D eigenvalue weighted by molar-refractivity contribution is -0.00122. The van der Waals surface area contributed by atoms with Gasteiger partial charge >= 0.3 is 0 Å². The molecule has 2 aliphatic carbocycles. The highest BCUT2D eigenvalue weighted by Crippen LogP contribution is 2.57. The van der Waals surface area contributed by atoms with Gasteiger partial charge in [0.2, 0.25) is 0 Å². The van der Waals surface area contributed by atoms with Gasteiger partial charge < -0.3 is 23.7 Å². The molecule has 0 saturated heterocycles. The number of rotatable bonds is 10. The third-order valence-electron chi connectivity index (χ3n) is 10.2. The smallest absolute Gasteiger partial charge is 0.131 e. The van der Waals surface area contributed by atoms with Crippen molar-refractivity contribution in [3.8, 4) is 34.1 Å². The zero-order chi connectivity index (χ0) is 32.8. The van der Waals surface area contributed by atoms with Gasteiger partial charge in [-0.15, -0.1) is 0 Å². The molecular formula is C42H42O5. The van der Waals surface area contributed by atoms with Crippen molar-refractivity contribution in [2.24, 2.45) is 0 Å². The summed E-state index contributed by atoms with van der Waals surface area (Å²) in [5.41, 5.74) is 8.35. The Morgan fingerprint density at radius 3 is 1.89 bits per heavy atom. The monoisotopic (exact) mass is 626 g/mol. The molecule has 5 nitrogen and oxygen atoms in total. The highest BCUT2D eigenvalue weighted by atomic mass is 16.5. The van der Waals surface area contributed by atoms with Gasteiger partial charge in [-0.3, -0.25) is 0 Å². The molecule has 0 spiro atoms. The minimum Gasteiger partial charge on any atom is -0.497 e. The number of methoxy groups -OCH3 is 4. The van der Waals surface area contributed by atoms with Crippen LogP contribution in [0, 0.1) is 0 Å². The number of allylic oxidation sites excluding steroid dienone is 1. The Labute approximate surface area is 277 Å². The van der Waals surface area contributed by atoms with Gasteiger partial charge in [-0.1, -0.05) is 74.0 Å². The molecule has 1 atom stereocenters. The third kappa shape index (κ3) is 4.79. The van der Waals surface area contributed by atoms with Crippen molar-refractivity contribution in [3.05, 3.63) is 124 Å². The zero-order valence-electron chi connectivity index (χ0n) is 28.1. The average Bonchev–Trinajstić information content (AvgIpc) is 3.38. The Morgan fingerprint density at radius 2 is 1.30 bits per heavy atom. The normalized spacial score (nSPS) is 17.1. The topological polar surface area (TPSA) is 46.2 Å². The SMILES string of the molecule is CCCCOC1(C)c2ccccc2-c2cc(OC)c3c(OC)cc4c(c3c21)C=CC(c1ccc(OC)cc1)(c1ccc(OC)cc1)C4. The molecule has 0 heterocycles. The lowest BCUT2D eigenvalue weighted by Gasteiger charge is -2.37. The molecule has 2 aliphatic rings. The third-order valence-corrected chi connectivity index (χ3v) is 10.2. The van der Waals surface area contributed by atoms with E-state index in [4.69, 9.17) is 23.7 Å². The van der Waals surface area contributed by atoms with Gasteiger partial charge in [0.15, 0.2) is 0 Å². The molecule has 0 aromatic heterocycles. The fraction of sp³-hybridized carbons (Fsp3) is 0.286. The quantitative estimate of drug-likeness (QED) is 0.145. The largest absolute Gasteiger partial charge is 0.497 e. The van der Waals surface area contributed by atoms with Crippen LogP contribution in [0.25, 0.3) is 28.0 Å². The van der Waals surface area contributed by atoms with E-state index in [0.717, 1.165) is 58.6 Å². The minimum atomic E-state index is -0.639. The fourth-order valence-corrected chi connectivity index (χ4v) is 7.77. The average molecular weight is 627 g/mol. The van der Waals surface area contributed by atoms with Crippen LogP contribution < -0.4 is 18.9 Å². The van der Waals surface area contributed by atoms with Crippen LogP contribution in [0.2, 0.25) is 0 Å². The summed E-state index contributed by atoms with van der Waals surface area (Å²) in [6.07, 6.45) is 7.47. The number of hydrogen-bond donors (Lipinski definition) is 0. The van der Waals surface area contributed by atoms with E-state index >= 15 is 0 Å². The minimum absolute atomic E-state index is 0.434. The first-order valence-electron chi connectivity index (χ1n) is 16.4.